The molecule has 5 heteroatoms. The number of hydrogen-bond acceptors (Lipinski definition) is 3. The monoisotopic (exact) mass is 307 g/mol. The number of nitrogens with one attached hydrogen (secondary N) is 1. The lowest BCUT2D eigenvalue weighted by atomic mass is 10.1. The quantitative estimate of drug-likeness (QED) is 0.878. The normalized spacial score (nSPS) is 12.7. The molecule has 0 aliphatic rings. The first kappa shape index (κ1) is 18.5. The first-order valence-electron chi connectivity index (χ1n) is 6.10. The van der Waals surface area contributed by atoms with Crippen LogP contribution in [0.4, 0.5) is 0 Å². The van der Waals surface area contributed by atoms with Gasteiger partial charge in [0.05, 0.1) is 0 Å². The van der Waals surface area contributed by atoms with E-state index in [9.17, 15) is 5.11 Å². The summed E-state index contributed by atoms with van der Waals surface area (Å²) in [5, 5.41) is 13.7. The van der Waals surface area contributed by atoms with E-state index < -0.39 is 6.10 Å². The van der Waals surface area contributed by atoms with Crippen molar-refractivity contribution in [3.63, 3.8) is 0 Å². The number of halogens is 2. The van der Waals surface area contributed by atoms with E-state index in [4.69, 9.17) is 16.3 Å². The van der Waals surface area contributed by atoms with Gasteiger partial charge in [-0.05, 0) is 51.5 Å². The molecule has 0 heterocycles. The van der Waals surface area contributed by atoms with Crippen molar-refractivity contribution in [2.75, 3.05) is 13.2 Å². The van der Waals surface area contributed by atoms with Crippen molar-refractivity contribution < 1.29 is 9.84 Å². The second-order valence-electron chi connectivity index (χ2n) is 5.51. The maximum atomic E-state index is 9.81. The van der Waals surface area contributed by atoms with Gasteiger partial charge in [0.2, 0.25) is 0 Å². The third-order valence-corrected chi connectivity index (χ3v) is 2.67. The predicted molar refractivity (Wildman–Crippen MR) is 82.7 cm³/mol. The van der Waals surface area contributed by atoms with Crippen LogP contribution in [0.5, 0.6) is 5.75 Å². The lowest BCUT2D eigenvalue weighted by Crippen LogP contribution is -2.42. The van der Waals surface area contributed by atoms with Gasteiger partial charge in [-0.2, -0.15) is 0 Å². The van der Waals surface area contributed by atoms with Crippen molar-refractivity contribution in [1.29, 1.82) is 0 Å². The zero-order chi connectivity index (χ0) is 13.8. The number of benzene rings is 1. The SMILES string of the molecule is Cc1cc(Cl)ccc1OCC(O)CNC(C)(C)C.Cl. The van der Waals surface area contributed by atoms with Gasteiger partial charge in [0.25, 0.3) is 0 Å². The molecular formula is C14H23Cl2NO2. The Labute approximate surface area is 126 Å². The molecule has 0 saturated heterocycles. The Morgan fingerprint density at radius 3 is 2.53 bits per heavy atom. The maximum Gasteiger partial charge on any atom is 0.122 e. The van der Waals surface area contributed by atoms with Gasteiger partial charge in [0, 0.05) is 17.1 Å². The van der Waals surface area contributed by atoms with Gasteiger partial charge in [-0.1, -0.05) is 11.6 Å². The summed E-state index contributed by atoms with van der Waals surface area (Å²) in [6.07, 6.45) is -0.528. The van der Waals surface area contributed by atoms with Gasteiger partial charge in [0.1, 0.15) is 18.5 Å². The maximum absolute atomic E-state index is 9.81. The Morgan fingerprint density at radius 1 is 1.37 bits per heavy atom. The first-order chi connectivity index (χ1) is 8.28. The Bertz CT molecular complexity index is 392. The highest BCUT2D eigenvalue weighted by atomic mass is 35.5. The summed E-state index contributed by atoms with van der Waals surface area (Å²) in [5.74, 6) is 0.759. The zero-order valence-electron chi connectivity index (χ0n) is 11.9. The predicted octanol–water partition coefficient (Wildman–Crippen LogP) is 3.20. The fourth-order valence-electron chi connectivity index (χ4n) is 1.44. The Kier molecular flexibility index (Phi) is 7.75. The van der Waals surface area contributed by atoms with Crippen molar-refractivity contribution in [2.45, 2.75) is 39.3 Å². The largest absolute Gasteiger partial charge is 0.491 e. The van der Waals surface area contributed by atoms with Crippen LogP contribution in [0.3, 0.4) is 0 Å². The highest BCUT2D eigenvalue weighted by molar-refractivity contribution is 6.30. The molecule has 1 aromatic rings. The van der Waals surface area contributed by atoms with Crippen molar-refractivity contribution >= 4 is 24.0 Å². The summed E-state index contributed by atoms with van der Waals surface area (Å²) in [5.41, 5.74) is 0.968. The van der Waals surface area contributed by atoms with Crippen LogP contribution in [0.15, 0.2) is 18.2 Å². The Morgan fingerprint density at radius 2 is 2.00 bits per heavy atom. The third-order valence-electron chi connectivity index (χ3n) is 2.44. The molecule has 0 bridgehead atoms. The molecular weight excluding hydrogens is 285 g/mol. The number of aryl methyl sites for hydroxylation is 1. The van der Waals surface area contributed by atoms with Crippen molar-refractivity contribution in [1.82, 2.24) is 5.32 Å². The summed E-state index contributed by atoms with van der Waals surface area (Å²) in [6, 6.07) is 5.45. The minimum atomic E-state index is -0.528. The fourth-order valence-corrected chi connectivity index (χ4v) is 1.67. The molecule has 1 unspecified atom stereocenters. The molecule has 19 heavy (non-hydrogen) atoms. The molecule has 0 amide bonds. The molecule has 1 rings (SSSR count). The standard InChI is InChI=1S/C14H22ClNO2.ClH/c1-10-7-11(15)5-6-13(10)18-9-12(17)8-16-14(2,3)4;/h5-7,12,16-17H,8-9H2,1-4H3;1H. The molecule has 0 aromatic heterocycles. The Hall–Kier alpha value is -0.480. The van der Waals surface area contributed by atoms with Crippen LogP contribution in [0.1, 0.15) is 26.3 Å². The second kappa shape index (κ2) is 7.95. The first-order valence-corrected chi connectivity index (χ1v) is 6.48. The molecule has 2 N–H and O–H groups in total. The summed E-state index contributed by atoms with van der Waals surface area (Å²) in [6.45, 7) is 8.89. The molecule has 0 aliphatic carbocycles. The van der Waals surface area contributed by atoms with E-state index in [2.05, 4.69) is 26.1 Å². The van der Waals surface area contributed by atoms with E-state index in [1.165, 1.54) is 0 Å². The molecule has 1 aromatic carbocycles. The molecule has 3 nitrogen and oxygen atoms in total. The van der Waals surface area contributed by atoms with Crippen LogP contribution in [0.2, 0.25) is 5.02 Å². The van der Waals surface area contributed by atoms with Crippen LogP contribution in [-0.4, -0.2) is 29.9 Å². The summed E-state index contributed by atoms with van der Waals surface area (Å²) >= 11 is 5.86. The number of rotatable bonds is 5. The number of aliphatic hydroxyl groups is 1. The summed E-state index contributed by atoms with van der Waals surface area (Å²) in [7, 11) is 0. The van der Waals surface area contributed by atoms with E-state index in [1.807, 2.05) is 19.1 Å². The van der Waals surface area contributed by atoms with Gasteiger partial charge < -0.3 is 15.2 Å². The summed E-state index contributed by atoms with van der Waals surface area (Å²) in [4.78, 5) is 0. The van der Waals surface area contributed by atoms with E-state index in [0.717, 1.165) is 11.3 Å². The van der Waals surface area contributed by atoms with Crippen LogP contribution in [0, 0.1) is 6.92 Å². The topological polar surface area (TPSA) is 41.5 Å². The number of hydrogen-bond donors (Lipinski definition) is 2. The van der Waals surface area contributed by atoms with Crippen molar-refractivity contribution in [3.05, 3.63) is 28.8 Å². The van der Waals surface area contributed by atoms with Crippen LogP contribution >= 0.6 is 24.0 Å². The lowest BCUT2D eigenvalue weighted by Gasteiger charge is -2.23. The molecule has 110 valence electrons. The number of aliphatic hydroxyl groups excluding tert-OH is 1. The van der Waals surface area contributed by atoms with Gasteiger partial charge in [-0.25, -0.2) is 0 Å². The molecule has 0 saturated carbocycles. The minimum absolute atomic E-state index is 0. The van der Waals surface area contributed by atoms with Crippen LogP contribution < -0.4 is 10.1 Å². The molecule has 0 spiro atoms. The van der Waals surface area contributed by atoms with Crippen LogP contribution in [0.25, 0.3) is 0 Å². The molecule has 0 aliphatic heterocycles. The van der Waals surface area contributed by atoms with Gasteiger partial charge in [-0.15, -0.1) is 12.4 Å². The van der Waals surface area contributed by atoms with Crippen molar-refractivity contribution in [2.24, 2.45) is 0 Å². The zero-order valence-corrected chi connectivity index (χ0v) is 13.4. The molecule has 0 fully saturated rings. The van der Waals surface area contributed by atoms with E-state index in [-0.39, 0.29) is 24.6 Å². The van der Waals surface area contributed by atoms with E-state index in [1.54, 1.807) is 6.07 Å². The molecule has 0 radical (unpaired) electrons. The second-order valence-corrected chi connectivity index (χ2v) is 5.94. The highest BCUT2D eigenvalue weighted by Gasteiger charge is 2.12. The third kappa shape index (κ3) is 7.63. The Balaban J connectivity index is 0.00000324. The van der Waals surface area contributed by atoms with Gasteiger partial charge >= 0.3 is 0 Å². The van der Waals surface area contributed by atoms with Gasteiger partial charge in [-0.3, -0.25) is 0 Å². The smallest absolute Gasteiger partial charge is 0.122 e. The number of ether oxygens (including phenoxy) is 1. The average molecular weight is 308 g/mol. The fraction of sp³-hybridized carbons (Fsp3) is 0.571. The number of β-amino-alcohol motifs (C(OH)–C–C–N with tert-alkyl or cyclic N) is 1. The average Bonchev–Trinajstić information content (AvgIpc) is 2.24. The highest BCUT2D eigenvalue weighted by Crippen LogP contribution is 2.21. The lowest BCUT2D eigenvalue weighted by molar-refractivity contribution is 0.0997. The van der Waals surface area contributed by atoms with Crippen LogP contribution in [-0.2, 0) is 0 Å². The van der Waals surface area contributed by atoms with E-state index >= 15 is 0 Å². The van der Waals surface area contributed by atoms with Gasteiger partial charge in [0.15, 0.2) is 0 Å². The molecule has 1 atom stereocenters. The van der Waals surface area contributed by atoms with Crippen molar-refractivity contribution in [3.8, 4) is 5.75 Å². The summed E-state index contributed by atoms with van der Waals surface area (Å²) < 4.78 is 5.57. The minimum Gasteiger partial charge on any atom is -0.491 e. The van der Waals surface area contributed by atoms with E-state index in [0.29, 0.717) is 11.6 Å².